The van der Waals surface area contributed by atoms with Crippen LogP contribution in [-0.4, -0.2) is 13.1 Å². The Balaban J connectivity index is 2.52. The van der Waals surface area contributed by atoms with Crippen LogP contribution in [0.1, 0.15) is 36.6 Å². The number of thiophene rings is 1. The summed E-state index contributed by atoms with van der Waals surface area (Å²) in [5, 5.41) is 2.10. The van der Waals surface area contributed by atoms with E-state index in [9.17, 15) is 4.79 Å². The lowest BCUT2D eigenvalue weighted by Crippen LogP contribution is -1.96. The normalized spacial score (nSPS) is 10.9. The molecule has 0 N–H and O–H groups in total. The van der Waals surface area contributed by atoms with Gasteiger partial charge in [0.25, 0.3) is 0 Å². The van der Waals surface area contributed by atoms with Gasteiger partial charge in [0.05, 0.1) is 13.5 Å². The summed E-state index contributed by atoms with van der Waals surface area (Å²) >= 11 is 1.72. The van der Waals surface area contributed by atoms with Crippen molar-refractivity contribution in [1.82, 2.24) is 0 Å². The van der Waals surface area contributed by atoms with Gasteiger partial charge in [-0.3, -0.25) is 4.79 Å². The second-order valence-electron chi connectivity index (χ2n) is 3.60. The minimum atomic E-state index is -0.192. The lowest BCUT2D eigenvalue weighted by molar-refractivity contribution is -0.139. The number of ether oxygens (including phenoxy) is 1. The van der Waals surface area contributed by atoms with Crippen molar-refractivity contribution in [3.63, 3.8) is 0 Å². The van der Waals surface area contributed by atoms with Gasteiger partial charge in [-0.05, 0) is 35.9 Å². The summed E-state index contributed by atoms with van der Waals surface area (Å²) in [6, 6.07) is 2.16. The van der Waals surface area contributed by atoms with Crippen molar-refractivity contribution in [1.29, 1.82) is 0 Å². The van der Waals surface area contributed by atoms with Crippen molar-refractivity contribution in [3.05, 3.63) is 28.0 Å². The van der Waals surface area contributed by atoms with Gasteiger partial charge in [-0.15, -0.1) is 11.3 Å². The Morgan fingerprint density at radius 3 is 3.06 bits per heavy atom. The molecule has 88 valence electrons. The van der Waals surface area contributed by atoms with Crippen LogP contribution in [0.3, 0.4) is 0 Å². The fraction of sp³-hybridized carbons (Fsp3) is 0.462. The minimum Gasteiger partial charge on any atom is -0.469 e. The number of carbonyl (C=O) groups is 1. The molecule has 0 aromatic carbocycles. The molecular weight excluding hydrogens is 220 g/mol. The molecule has 0 aliphatic carbocycles. The number of hydrogen-bond acceptors (Lipinski definition) is 3. The molecule has 0 bridgehead atoms. The van der Waals surface area contributed by atoms with E-state index in [1.54, 1.807) is 11.3 Å². The first-order chi connectivity index (χ1) is 7.77. The highest BCUT2D eigenvalue weighted by atomic mass is 32.1. The quantitative estimate of drug-likeness (QED) is 0.707. The van der Waals surface area contributed by atoms with E-state index in [1.807, 2.05) is 12.2 Å². The van der Waals surface area contributed by atoms with Gasteiger partial charge < -0.3 is 4.74 Å². The Morgan fingerprint density at radius 1 is 1.56 bits per heavy atom. The monoisotopic (exact) mass is 238 g/mol. The zero-order valence-corrected chi connectivity index (χ0v) is 10.7. The maximum atomic E-state index is 10.9. The Morgan fingerprint density at radius 2 is 2.38 bits per heavy atom. The number of unbranched alkanes of at least 4 members (excludes halogenated alkanes) is 1. The molecule has 1 aromatic rings. The van der Waals surface area contributed by atoms with E-state index in [1.165, 1.54) is 30.4 Å². The molecule has 0 atom stereocenters. The topological polar surface area (TPSA) is 26.3 Å². The second-order valence-corrected chi connectivity index (χ2v) is 4.54. The molecule has 1 rings (SSSR count). The fourth-order valence-electron chi connectivity index (χ4n) is 1.41. The summed E-state index contributed by atoms with van der Waals surface area (Å²) in [6.45, 7) is 2.19. The van der Waals surface area contributed by atoms with Gasteiger partial charge in [-0.2, -0.15) is 0 Å². The molecule has 1 heterocycles. The highest BCUT2D eigenvalue weighted by Crippen LogP contribution is 2.20. The van der Waals surface area contributed by atoms with Gasteiger partial charge in [0.2, 0.25) is 0 Å². The van der Waals surface area contributed by atoms with Crippen molar-refractivity contribution in [2.45, 2.75) is 32.6 Å². The molecule has 2 nitrogen and oxygen atoms in total. The number of hydrogen-bond donors (Lipinski definition) is 0. The summed E-state index contributed by atoms with van der Waals surface area (Å²) in [5.74, 6) is -0.192. The predicted octanol–water partition coefficient (Wildman–Crippen LogP) is 3.67. The Hall–Kier alpha value is -1.09. The number of aryl methyl sites for hydroxylation is 1. The molecule has 0 aliphatic heterocycles. The van der Waals surface area contributed by atoms with Crippen LogP contribution in [0.25, 0.3) is 6.08 Å². The van der Waals surface area contributed by atoms with Gasteiger partial charge in [0.15, 0.2) is 0 Å². The molecule has 0 unspecified atom stereocenters. The van der Waals surface area contributed by atoms with E-state index in [0.29, 0.717) is 6.42 Å². The SMILES string of the molecule is CCCCc1ccsc1C=CCC(=O)OC. The Bertz CT molecular complexity index is 353. The molecule has 0 aliphatic rings. The number of esters is 1. The number of rotatable bonds is 6. The van der Waals surface area contributed by atoms with Crippen LogP contribution in [0.2, 0.25) is 0 Å². The van der Waals surface area contributed by atoms with Crippen LogP contribution in [0, 0.1) is 0 Å². The molecule has 1 aromatic heterocycles. The average Bonchev–Trinajstić information content (AvgIpc) is 2.73. The zero-order chi connectivity index (χ0) is 11.8. The molecule has 0 saturated carbocycles. The molecule has 0 saturated heterocycles. The van der Waals surface area contributed by atoms with E-state index in [-0.39, 0.29) is 5.97 Å². The molecule has 0 amide bonds. The fourth-order valence-corrected chi connectivity index (χ4v) is 2.29. The predicted molar refractivity (Wildman–Crippen MR) is 68.6 cm³/mol. The standard InChI is InChI=1S/C13H18O2S/c1-3-4-6-11-9-10-16-12(11)7-5-8-13(14)15-2/h5,7,9-10H,3-4,6,8H2,1-2H3. The molecular formula is C13H18O2S. The number of carbonyl (C=O) groups excluding carboxylic acids is 1. The first kappa shape index (κ1) is 13.0. The largest absolute Gasteiger partial charge is 0.469 e. The van der Waals surface area contributed by atoms with Gasteiger partial charge in [-0.25, -0.2) is 0 Å². The lowest BCUT2D eigenvalue weighted by Gasteiger charge is -1.98. The van der Waals surface area contributed by atoms with Crippen LogP contribution >= 0.6 is 11.3 Å². The highest BCUT2D eigenvalue weighted by molar-refractivity contribution is 7.11. The van der Waals surface area contributed by atoms with E-state index in [0.717, 1.165) is 6.42 Å². The number of methoxy groups -OCH3 is 1. The molecule has 16 heavy (non-hydrogen) atoms. The minimum absolute atomic E-state index is 0.192. The summed E-state index contributed by atoms with van der Waals surface area (Å²) in [5.41, 5.74) is 1.38. The zero-order valence-electron chi connectivity index (χ0n) is 9.86. The van der Waals surface area contributed by atoms with Crippen LogP contribution in [0.5, 0.6) is 0 Å². The van der Waals surface area contributed by atoms with Crippen molar-refractivity contribution in [3.8, 4) is 0 Å². The van der Waals surface area contributed by atoms with Gasteiger partial charge in [0.1, 0.15) is 0 Å². The average molecular weight is 238 g/mol. The summed E-state index contributed by atoms with van der Waals surface area (Å²) < 4.78 is 4.58. The second kappa shape index (κ2) is 7.23. The first-order valence-corrected chi connectivity index (χ1v) is 6.45. The molecule has 0 fully saturated rings. The van der Waals surface area contributed by atoms with Crippen molar-refractivity contribution < 1.29 is 9.53 Å². The van der Waals surface area contributed by atoms with Gasteiger partial charge in [-0.1, -0.05) is 19.4 Å². The van der Waals surface area contributed by atoms with Crippen LogP contribution in [0.4, 0.5) is 0 Å². The maximum absolute atomic E-state index is 10.9. The summed E-state index contributed by atoms with van der Waals surface area (Å²) in [6.07, 6.45) is 7.79. The maximum Gasteiger partial charge on any atom is 0.309 e. The third-order valence-electron chi connectivity index (χ3n) is 2.36. The van der Waals surface area contributed by atoms with Gasteiger partial charge >= 0.3 is 5.97 Å². The van der Waals surface area contributed by atoms with Crippen LogP contribution < -0.4 is 0 Å². The van der Waals surface area contributed by atoms with Gasteiger partial charge in [0, 0.05) is 4.88 Å². The molecule has 0 spiro atoms. The summed E-state index contributed by atoms with van der Waals surface area (Å²) in [7, 11) is 1.41. The third kappa shape index (κ3) is 4.19. The molecule has 3 heteroatoms. The Kier molecular flexibility index (Phi) is 5.86. The summed E-state index contributed by atoms with van der Waals surface area (Å²) in [4.78, 5) is 12.2. The van der Waals surface area contributed by atoms with E-state index < -0.39 is 0 Å². The van der Waals surface area contributed by atoms with Crippen LogP contribution in [0.15, 0.2) is 17.5 Å². The highest BCUT2D eigenvalue weighted by Gasteiger charge is 2.01. The van der Waals surface area contributed by atoms with Crippen molar-refractivity contribution in [2.75, 3.05) is 7.11 Å². The first-order valence-electron chi connectivity index (χ1n) is 5.57. The molecule has 0 radical (unpaired) electrons. The van der Waals surface area contributed by atoms with Crippen molar-refractivity contribution >= 4 is 23.4 Å². The smallest absolute Gasteiger partial charge is 0.309 e. The van der Waals surface area contributed by atoms with Crippen LogP contribution in [-0.2, 0) is 16.0 Å². The van der Waals surface area contributed by atoms with E-state index in [2.05, 4.69) is 23.1 Å². The van der Waals surface area contributed by atoms with E-state index in [4.69, 9.17) is 0 Å². The lowest BCUT2D eigenvalue weighted by atomic mass is 10.1. The van der Waals surface area contributed by atoms with E-state index >= 15 is 0 Å². The Labute approximate surface area is 101 Å². The van der Waals surface area contributed by atoms with Crippen molar-refractivity contribution in [2.24, 2.45) is 0 Å². The third-order valence-corrected chi connectivity index (χ3v) is 3.29.